The Bertz CT molecular complexity index is 659. The molecule has 0 atom stereocenters. The zero-order valence-electron chi connectivity index (χ0n) is 11.5. The number of hydrogen-bond acceptors (Lipinski definition) is 6. The van der Waals surface area contributed by atoms with Crippen molar-refractivity contribution in [1.29, 1.82) is 0 Å². The lowest BCUT2D eigenvalue weighted by atomic mass is 9.96. The molecular formula is C14H12O8. The van der Waals surface area contributed by atoms with Crippen LogP contribution in [-0.4, -0.2) is 40.9 Å². The van der Waals surface area contributed by atoms with Gasteiger partial charge in [0.1, 0.15) is 0 Å². The van der Waals surface area contributed by atoms with Crippen LogP contribution in [0.5, 0.6) is 0 Å². The molecule has 22 heavy (non-hydrogen) atoms. The van der Waals surface area contributed by atoms with Gasteiger partial charge in [-0.1, -0.05) is 12.6 Å². The summed E-state index contributed by atoms with van der Waals surface area (Å²) in [6.45, 7) is 3.81. The fourth-order valence-corrected chi connectivity index (χ4v) is 1.64. The molecule has 0 bridgehead atoms. The zero-order valence-corrected chi connectivity index (χ0v) is 11.5. The van der Waals surface area contributed by atoms with Gasteiger partial charge in [0, 0.05) is 6.08 Å². The maximum Gasteiger partial charge on any atom is 0.342 e. The van der Waals surface area contributed by atoms with Gasteiger partial charge in [0.2, 0.25) is 6.79 Å². The van der Waals surface area contributed by atoms with E-state index in [4.69, 9.17) is 10.2 Å². The molecule has 0 radical (unpaired) electrons. The quantitative estimate of drug-likeness (QED) is 0.456. The van der Waals surface area contributed by atoms with Crippen molar-refractivity contribution in [3.63, 3.8) is 0 Å². The number of esters is 2. The third-order valence-electron chi connectivity index (χ3n) is 2.62. The van der Waals surface area contributed by atoms with Crippen LogP contribution < -0.4 is 0 Å². The van der Waals surface area contributed by atoms with Crippen molar-refractivity contribution in [2.24, 2.45) is 0 Å². The summed E-state index contributed by atoms with van der Waals surface area (Å²) in [5, 5.41) is 18.1. The van der Waals surface area contributed by atoms with E-state index in [1.807, 2.05) is 0 Å². The van der Waals surface area contributed by atoms with Gasteiger partial charge >= 0.3 is 23.9 Å². The Kier molecular flexibility index (Phi) is 5.39. The average molecular weight is 308 g/mol. The number of carboxylic acids is 2. The molecule has 1 aromatic carbocycles. The topological polar surface area (TPSA) is 127 Å². The Morgan fingerprint density at radius 2 is 1.73 bits per heavy atom. The molecule has 8 nitrogen and oxygen atoms in total. The van der Waals surface area contributed by atoms with Crippen molar-refractivity contribution in [1.82, 2.24) is 0 Å². The molecule has 116 valence electrons. The van der Waals surface area contributed by atoms with Crippen molar-refractivity contribution in [3.05, 3.63) is 47.0 Å². The van der Waals surface area contributed by atoms with Crippen LogP contribution in [0.2, 0.25) is 0 Å². The SMILES string of the molecule is C=CC(=O)OCOC(=O)c1c(C)ccc(C(=O)O)c1C(=O)O. The minimum absolute atomic E-state index is 0.211. The molecule has 0 heterocycles. The molecule has 0 fully saturated rings. The van der Waals surface area contributed by atoms with Crippen LogP contribution in [0.3, 0.4) is 0 Å². The third-order valence-corrected chi connectivity index (χ3v) is 2.62. The molecule has 0 aliphatic rings. The van der Waals surface area contributed by atoms with Gasteiger partial charge in [0.25, 0.3) is 0 Å². The fourth-order valence-electron chi connectivity index (χ4n) is 1.64. The van der Waals surface area contributed by atoms with E-state index < -0.39 is 47.4 Å². The number of hydrogen-bond donors (Lipinski definition) is 2. The normalized spacial score (nSPS) is 9.68. The number of aromatic carboxylic acids is 2. The molecule has 1 aromatic rings. The van der Waals surface area contributed by atoms with E-state index in [1.54, 1.807) is 0 Å². The number of ether oxygens (including phenoxy) is 2. The van der Waals surface area contributed by atoms with Crippen LogP contribution in [0.25, 0.3) is 0 Å². The van der Waals surface area contributed by atoms with Crippen molar-refractivity contribution in [2.45, 2.75) is 6.92 Å². The number of carbonyl (C=O) groups excluding carboxylic acids is 2. The predicted octanol–water partition coefficient (Wildman–Crippen LogP) is 1.23. The lowest BCUT2D eigenvalue weighted by molar-refractivity contribution is -0.146. The van der Waals surface area contributed by atoms with E-state index in [-0.39, 0.29) is 5.56 Å². The second kappa shape index (κ2) is 7.02. The van der Waals surface area contributed by atoms with Gasteiger partial charge in [-0.05, 0) is 18.6 Å². The lowest BCUT2D eigenvalue weighted by Gasteiger charge is -2.12. The number of aryl methyl sites for hydroxylation is 1. The van der Waals surface area contributed by atoms with Crippen LogP contribution in [0, 0.1) is 6.92 Å². The molecule has 0 saturated heterocycles. The molecule has 0 aliphatic carbocycles. The van der Waals surface area contributed by atoms with E-state index in [1.165, 1.54) is 13.0 Å². The van der Waals surface area contributed by atoms with Gasteiger partial charge < -0.3 is 19.7 Å². The van der Waals surface area contributed by atoms with Gasteiger partial charge in [-0.2, -0.15) is 0 Å². The monoisotopic (exact) mass is 308 g/mol. The number of rotatable bonds is 6. The first-order valence-corrected chi connectivity index (χ1v) is 5.86. The van der Waals surface area contributed by atoms with Crippen LogP contribution in [0.15, 0.2) is 24.8 Å². The maximum atomic E-state index is 11.9. The Morgan fingerprint density at radius 1 is 1.09 bits per heavy atom. The molecule has 0 unspecified atom stereocenters. The molecule has 0 amide bonds. The molecule has 8 heteroatoms. The zero-order chi connectivity index (χ0) is 16.9. The summed E-state index contributed by atoms with van der Waals surface area (Å²) in [6.07, 6.45) is 0.854. The summed E-state index contributed by atoms with van der Waals surface area (Å²) in [5.41, 5.74) is -1.44. The first kappa shape index (κ1) is 16.9. The van der Waals surface area contributed by atoms with E-state index in [2.05, 4.69) is 16.1 Å². The minimum Gasteiger partial charge on any atom is -0.478 e. The van der Waals surface area contributed by atoms with Crippen molar-refractivity contribution < 1.29 is 38.9 Å². The number of carbonyl (C=O) groups is 4. The van der Waals surface area contributed by atoms with Crippen molar-refractivity contribution in [2.75, 3.05) is 6.79 Å². The Balaban J connectivity index is 3.16. The van der Waals surface area contributed by atoms with E-state index in [9.17, 15) is 19.2 Å². The molecule has 2 N–H and O–H groups in total. The molecule has 0 spiro atoms. The molecule has 1 rings (SSSR count). The van der Waals surface area contributed by atoms with Crippen LogP contribution in [0.4, 0.5) is 0 Å². The van der Waals surface area contributed by atoms with E-state index >= 15 is 0 Å². The number of carboxylic acid groups (broad SMARTS) is 2. The van der Waals surface area contributed by atoms with Crippen molar-refractivity contribution >= 4 is 23.9 Å². The third kappa shape index (κ3) is 3.69. The summed E-state index contributed by atoms with van der Waals surface area (Å²) in [4.78, 5) is 45.1. The smallest absolute Gasteiger partial charge is 0.342 e. The molecule has 0 aliphatic heterocycles. The molecule has 0 saturated carbocycles. The predicted molar refractivity (Wildman–Crippen MR) is 71.7 cm³/mol. The van der Waals surface area contributed by atoms with Crippen molar-refractivity contribution in [3.8, 4) is 0 Å². The highest BCUT2D eigenvalue weighted by molar-refractivity contribution is 6.10. The first-order chi connectivity index (χ1) is 10.3. The second-order valence-corrected chi connectivity index (χ2v) is 4.01. The Hall–Kier alpha value is -3.16. The van der Waals surface area contributed by atoms with Gasteiger partial charge in [-0.3, -0.25) is 0 Å². The van der Waals surface area contributed by atoms with Crippen LogP contribution in [0.1, 0.15) is 36.6 Å². The molecule has 0 aromatic heterocycles. The summed E-state index contributed by atoms with van der Waals surface area (Å²) in [6, 6.07) is 2.36. The van der Waals surface area contributed by atoms with Crippen LogP contribution in [-0.2, 0) is 14.3 Å². The van der Waals surface area contributed by atoms with E-state index in [0.29, 0.717) is 0 Å². The highest BCUT2D eigenvalue weighted by Crippen LogP contribution is 2.21. The van der Waals surface area contributed by atoms with Gasteiger partial charge in [0.15, 0.2) is 0 Å². The summed E-state index contributed by atoms with van der Waals surface area (Å²) in [7, 11) is 0. The first-order valence-electron chi connectivity index (χ1n) is 5.86. The summed E-state index contributed by atoms with van der Waals surface area (Å²) in [5.74, 6) is -5.03. The standard InChI is InChI=1S/C14H12O8/c1-3-9(15)21-6-22-14(20)10-7(2)4-5-8(12(16)17)11(10)13(18)19/h3-5H,1,6H2,2H3,(H,16,17)(H,18,19). The van der Waals surface area contributed by atoms with Gasteiger partial charge in [-0.15, -0.1) is 0 Å². The largest absolute Gasteiger partial charge is 0.478 e. The lowest BCUT2D eigenvalue weighted by Crippen LogP contribution is -2.19. The summed E-state index contributed by atoms with van der Waals surface area (Å²) < 4.78 is 9.06. The van der Waals surface area contributed by atoms with Gasteiger partial charge in [-0.25, -0.2) is 19.2 Å². The second-order valence-electron chi connectivity index (χ2n) is 4.01. The Labute approximate surface area is 124 Å². The molecular weight excluding hydrogens is 296 g/mol. The highest BCUT2D eigenvalue weighted by atomic mass is 16.7. The fraction of sp³-hybridized carbons (Fsp3) is 0.143. The highest BCUT2D eigenvalue weighted by Gasteiger charge is 2.26. The Morgan fingerprint density at radius 3 is 2.23 bits per heavy atom. The summed E-state index contributed by atoms with van der Waals surface area (Å²) >= 11 is 0. The minimum atomic E-state index is -1.59. The maximum absolute atomic E-state index is 11.9. The van der Waals surface area contributed by atoms with Crippen LogP contribution >= 0.6 is 0 Å². The number of benzene rings is 1. The average Bonchev–Trinajstić information content (AvgIpc) is 2.45. The van der Waals surface area contributed by atoms with E-state index in [0.717, 1.165) is 12.1 Å². The van der Waals surface area contributed by atoms with Gasteiger partial charge in [0.05, 0.1) is 16.7 Å².